The van der Waals surface area contributed by atoms with Gasteiger partial charge in [0.15, 0.2) is 0 Å². The van der Waals surface area contributed by atoms with Crippen molar-refractivity contribution < 1.29 is 0 Å². The van der Waals surface area contributed by atoms with Gasteiger partial charge in [-0.2, -0.15) is 0 Å². The zero-order valence-electron chi connectivity index (χ0n) is 12.5. The molecule has 2 nitrogen and oxygen atoms in total. The molecule has 0 aromatic carbocycles. The van der Waals surface area contributed by atoms with Gasteiger partial charge in [-0.25, -0.2) is 0 Å². The molecule has 0 aromatic rings. The third kappa shape index (κ3) is 4.24. The Morgan fingerprint density at radius 2 is 1.89 bits per heavy atom. The molecule has 106 valence electrons. The molecule has 1 heterocycles. The number of hydrogen-bond acceptors (Lipinski definition) is 2. The summed E-state index contributed by atoms with van der Waals surface area (Å²) in [4.78, 5) is 2.80. The van der Waals surface area contributed by atoms with Crippen LogP contribution in [-0.2, 0) is 0 Å². The minimum atomic E-state index is 0.915. The Balaban J connectivity index is 1.66. The van der Waals surface area contributed by atoms with Crippen LogP contribution in [0.2, 0.25) is 0 Å². The van der Waals surface area contributed by atoms with Crippen LogP contribution >= 0.6 is 0 Å². The van der Waals surface area contributed by atoms with E-state index < -0.39 is 0 Å². The predicted molar refractivity (Wildman–Crippen MR) is 78.9 cm³/mol. The van der Waals surface area contributed by atoms with Crippen LogP contribution in [0.3, 0.4) is 0 Å². The summed E-state index contributed by atoms with van der Waals surface area (Å²) in [6.45, 7) is 9.85. The van der Waals surface area contributed by atoms with Crippen LogP contribution in [0.4, 0.5) is 0 Å². The van der Waals surface area contributed by atoms with Gasteiger partial charge in [0.1, 0.15) is 0 Å². The summed E-state index contributed by atoms with van der Waals surface area (Å²) in [5, 5.41) is 3.59. The molecule has 0 bridgehead atoms. The van der Waals surface area contributed by atoms with E-state index in [-0.39, 0.29) is 0 Å². The van der Waals surface area contributed by atoms with Gasteiger partial charge in [-0.05, 0) is 70.1 Å². The topological polar surface area (TPSA) is 15.3 Å². The molecule has 2 unspecified atom stereocenters. The molecule has 2 atom stereocenters. The van der Waals surface area contributed by atoms with Gasteiger partial charge in [-0.3, -0.25) is 0 Å². The van der Waals surface area contributed by atoms with E-state index in [4.69, 9.17) is 0 Å². The highest BCUT2D eigenvalue weighted by Crippen LogP contribution is 2.29. The Kier molecular flexibility index (Phi) is 5.97. The first-order valence-electron chi connectivity index (χ1n) is 8.24. The van der Waals surface area contributed by atoms with E-state index in [1.165, 1.54) is 71.1 Å². The van der Waals surface area contributed by atoms with E-state index in [1.54, 1.807) is 0 Å². The monoisotopic (exact) mass is 252 g/mol. The second-order valence-electron chi connectivity index (χ2n) is 6.61. The molecule has 18 heavy (non-hydrogen) atoms. The Labute approximate surface area is 114 Å². The zero-order valence-corrected chi connectivity index (χ0v) is 12.5. The summed E-state index contributed by atoms with van der Waals surface area (Å²) in [6, 6.07) is 0.915. The van der Waals surface area contributed by atoms with Gasteiger partial charge in [-0.15, -0.1) is 0 Å². The fraction of sp³-hybridized carbons (Fsp3) is 1.00. The summed E-state index contributed by atoms with van der Waals surface area (Å²) in [5.74, 6) is 1.90. The zero-order chi connectivity index (χ0) is 12.8. The van der Waals surface area contributed by atoms with Crippen molar-refractivity contribution >= 4 is 0 Å². The fourth-order valence-electron chi connectivity index (χ4n) is 3.74. The summed E-state index contributed by atoms with van der Waals surface area (Å²) in [7, 11) is 0. The molecule has 1 N–H and O–H groups in total. The molecule has 2 heteroatoms. The van der Waals surface area contributed by atoms with Gasteiger partial charge in [0.2, 0.25) is 0 Å². The van der Waals surface area contributed by atoms with E-state index in [0.29, 0.717) is 0 Å². The molecule has 2 aliphatic rings. The fourth-order valence-corrected chi connectivity index (χ4v) is 3.74. The molecular weight excluding hydrogens is 220 g/mol. The average Bonchev–Trinajstić information content (AvgIpc) is 2.40. The van der Waals surface area contributed by atoms with Gasteiger partial charge >= 0.3 is 0 Å². The first-order valence-corrected chi connectivity index (χ1v) is 8.24. The summed E-state index contributed by atoms with van der Waals surface area (Å²) in [6.07, 6.45) is 9.95. The molecule has 0 amide bonds. The van der Waals surface area contributed by atoms with Crippen molar-refractivity contribution in [2.24, 2.45) is 11.8 Å². The number of piperidine rings is 1. The van der Waals surface area contributed by atoms with Gasteiger partial charge in [0.25, 0.3) is 0 Å². The summed E-state index contributed by atoms with van der Waals surface area (Å²) < 4.78 is 0. The predicted octanol–water partition coefficient (Wildman–Crippen LogP) is 3.28. The third-order valence-corrected chi connectivity index (χ3v) is 4.93. The Morgan fingerprint density at radius 3 is 2.56 bits per heavy atom. The van der Waals surface area contributed by atoms with Crippen LogP contribution in [-0.4, -0.2) is 37.1 Å². The number of nitrogens with zero attached hydrogens (tertiary/aromatic N) is 1. The molecule has 2 rings (SSSR count). The molecule has 0 spiro atoms. The molecule has 0 aromatic heterocycles. The van der Waals surface area contributed by atoms with E-state index in [1.807, 2.05) is 0 Å². The number of nitrogens with one attached hydrogen (secondary N) is 1. The third-order valence-electron chi connectivity index (χ3n) is 4.93. The highest BCUT2D eigenvalue weighted by atomic mass is 15.2. The second-order valence-corrected chi connectivity index (χ2v) is 6.61. The maximum atomic E-state index is 3.59. The van der Waals surface area contributed by atoms with E-state index in [0.717, 1.165) is 17.9 Å². The molecular formula is C16H32N2. The molecule has 1 aliphatic carbocycles. The van der Waals surface area contributed by atoms with E-state index in [9.17, 15) is 0 Å². The summed E-state index contributed by atoms with van der Waals surface area (Å²) in [5.41, 5.74) is 0. The van der Waals surface area contributed by atoms with Crippen molar-refractivity contribution in [3.05, 3.63) is 0 Å². The summed E-state index contributed by atoms with van der Waals surface area (Å²) >= 11 is 0. The number of rotatable bonds is 5. The molecule has 1 saturated heterocycles. The maximum Gasteiger partial charge on any atom is 0.00977 e. The van der Waals surface area contributed by atoms with Crippen molar-refractivity contribution in [3.63, 3.8) is 0 Å². The van der Waals surface area contributed by atoms with Crippen LogP contribution < -0.4 is 5.32 Å². The highest BCUT2D eigenvalue weighted by Gasteiger charge is 2.27. The van der Waals surface area contributed by atoms with Crippen molar-refractivity contribution in [3.8, 4) is 0 Å². The van der Waals surface area contributed by atoms with Crippen LogP contribution in [0.25, 0.3) is 0 Å². The van der Waals surface area contributed by atoms with E-state index in [2.05, 4.69) is 24.1 Å². The van der Waals surface area contributed by atoms with Gasteiger partial charge < -0.3 is 10.2 Å². The average molecular weight is 252 g/mol. The lowest BCUT2D eigenvalue weighted by Crippen LogP contribution is -2.44. The van der Waals surface area contributed by atoms with Crippen LogP contribution in [0.1, 0.15) is 58.8 Å². The lowest BCUT2D eigenvalue weighted by Gasteiger charge is -2.40. The second kappa shape index (κ2) is 7.49. The lowest BCUT2D eigenvalue weighted by atomic mass is 9.84. The minimum absolute atomic E-state index is 0.915. The smallest absolute Gasteiger partial charge is 0.00977 e. The van der Waals surface area contributed by atoms with Crippen LogP contribution in [0, 0.1) is 11.8 Å². The Hall–Kier alpha value is -0.0800. The number of likely N-dealkylation sites (tertiary alicyclic amines) is 1. The van der Waals surface area contributed by atoms with Gasteiger partial charge in [0, 0.05) is 6.04 Å². The van der Waals surface area contributed by atoms with Crippen LogP contribution in [0.15, 0.2) is 0 Å². The van der Waals surface area contributed by atoms with Crippen LogP contribution in [0.5, 0.6) is 0 Å². The standard InChI is InChI=1S/C16H32N2/c1-3-9-17-13-15-7-10-18(11-8-15)16-6-4-5-14(2)12-16/h14-17H,3-13H2,1-2H3. The normalized spacial score (nSPS) is 31.7. The van der Waals surface area contributed by atoms with Crippen molar-refractivity contribution in [2.75, 3.05) is 26.2 Å². The van der Waals surface area contributed by atoms with Gasteiger partial charge in [-0.1, -0.05) is 26.7 Å². The first kappa shape index (κ1) is 14.3. The quantitative estimate of drug-likeness (QED) is 0.755. The van der Waals surface area contributed by atoms with Crippen molar-refractivity contribution in [2.45, 2.75) is 64.8 Å². The highest BCUT2D eigenvalue weighted by molar-refractivity contribution is 4.83. The number of hydrogen-bond donors (Lipinski definition) is 1. The minimum Gasteiger partial charge on any atom is -0.316 e. The van der Waals surface area contributed by atoms with E-state index >= 15 is 0 Å². The Bertz CT molecular complexity index is 221. The van der Waals surface area contributed by atoms with Gasteiger partial charge in [0.05, 0.1) is 0 Å². The molecule has 1 saturated carbocycles. The SMILES string of the molecule is CCCNCC1CCN(C2CCCC(C)C2)CC1. The van der Waals surface area contributed by atoms with Crippen molar-refractivity contribution in [1.82, 2.24) is 10.2 Å². The lowest BCUT2D eigenvalue weighted by molar-refractivity contribution is 0.0924. The first-order chi connectivity index (χ1) is 8.79. The maximum absolute atomic E-state index is 3.59. The molecule has 2 fully saturated rings. The molecule has 1 aliphatic heterocycles. The van der Waals surface area contributed by atoms with Crippen molar-refractivity contribution in [1.29, 1.82) is 0 Å². The molecule has 0 radical (unpaired) electrons. The Morgan fingerprint density at radius 1 is 1.11 bits per heavy atom. The largest absolute Gasteiger partial charge is 0.316 e.